The number of ether oxygens (including phenoxy) is 1. The average molecular weight is 293 g/mol. The minimum absolute atomic E-state index is 0.237. The number of hydrazine groups is 1. The van der Waals surface area contributed by atoms with Crippen molar-refractivity contribution in [2.24, 2.45) is 5.84 Å². The third-order valence-corrected chi connectivity index (χ3v) is 4.13. The molecule has 1 unspecified atom stereocenters. The first kappa shape index (κ1) is 16.0. The van der Waals surface area contributed by atoms with Gasteiger partial charge >= 0.3 is 0 Å². The van der Waals surface area contributed by atoms with E-state index in [9.17, 15) is 0 Å². The minimum Gasteiger partial charge on any atom is -0.477 e. The van der Waals surface area contributed by atoms with Crippen LogP contribution in [0.1, 0.15) is 50.4 Å². The maximum Gasteiger partial charge on any atom is 0.221 e. The Balaban J connectivity index is 2.02. The highest BCUT2D eigenvalue weighted by molar-refractivity contribution is 5.47. The van der Waals surface area contributed by atoms with Crippen LogP contribution >= 0.6 is 0 Å². The number of nitrogens with zero attached hydrogens (tertiary/aromatic N) is 3. The van der Waals surface area contributed by atoms with Gasteiger partial charge in [0.2, 0.25) is 5.88 Å². The van der Waals surface area contributed by atoms with Crippen molar-refractivity contribution in [1.29, 1.82) is 0 Å². The van der Waals surface area contributed by atoms with Crippen molar-refractivity contribution in [3.63, 3.8) is 0 Å². The number of aromatic nitrogens is 2. The van der Waals surface area contributed by atoms with Gasteiger partial charge in [-0.05, 0) is 39.8 Å². The van der Waals surface area contributed by atoms with E-state index in [2.05, 4.69) is 41.2 Å². The Morgan fingerprint density at radius 3 is 2.76 bits per heavy atom. The fourth-order valence-electron chi connectivity index (χ4n) is 2.69. The molecule has 6 heteroatoms. The first-order chi connectivity index (χ1) is 10.0. The Labute approximate surface area is 127 Å². The molecule has 0 aromatic carbocycles. The largest absolute Gasteiger partial charge is 0.477 e. The molecule has 1 aliphatic heterocycles. The molecule has 0 spiro atoms. The Bertz CT molecular complexity index is 477. The molecule has 2 heterocycles. The lowest BCUT2D eigenvalue weighted by atomic mass is 10.1. The molecule has 6 nitrogen and oxygen atoms in total. The Morgan fingerprint density at radius 1 is 1.43 bits per heavy atom. The Hall–Kier alpha value is -1.40. The molecule has 1 fully saturated rings. The molecule has 1 aliphatic rings. The van der Waals surface area contributed by atoms with Crippen molar-refractivity contribution in [3.05, 3.63) is 11.4 Å². The Morgan fingerprint density at radius 2 is 2.19 bits per heavy atom. The van der Waals surface area contributed by atoms with Crippen molar-refractivity contribution in [2.75, 3.05) is 25.6 Å². The predicted octanol–water partition coefficient (Wildman–Crippen LogP) is 2.06. The summed E-state index contributed by atoms with van der Waals surface area (Å²) >= 11 is 0. The first-order valence-electron chi connectivity index (χ1n) is 7.71. The molecule has 2 rings (SSSR count). The highest BCUT2D eigenvalue weighted by atomic mass is 16.5. The van der Waals surface area contributed by atoms with E-state index in [0.717, 1.165) is 17.8 Å². The fraction of sp³-hybridized carbons (Fsp3) is 0.733. The molecule has 1 aromatic heterocycles. The van der Waals surface area contributed by atoms with Crippen LogP contribution < -0.4 is 16.0 Å². The number of hydrogen-bond acceptors (Lipinski definition) is 6. The van der Waals surface area contributed by atoms with Gasteiger partial charge in [-0.3, -0.25) is 0 Å². The van der Waals surface area contributed by atoms with Crippen molar-refractivity contribution in [3.8, 4) is 5.88 Å². The highest BCUT2D eigenvalue weighted by Crippen LogP contribution is 2.25. The maximum absolute atomic E-state index is 5.91. The standard InChI is InChI=1S/C15H27N5O/c1-10(2)13-17-14(19-16)11(3)15(18-13)21-9-7-12-6-5-8-20(12)4/h10,12H,5-9,16H2,1-4H3,(H,17,18,19). The first-order valence-corrected chi connectivity index (χ1v) is 7.71. The summed E-state index contributed by atoms with van der Waals surface area (Å²) in [7, 11) is 2.18. The number of nitrogens with one attached hydrogen (secondary N) is 1. The molecule has 0 amide bonds. The lowest BCUT2D eigenvalue weighted by molar-refractivity contribution is 0.227. The quantitative estimate of drug-likeness (QED) is 0.617. The van der Waals surface area contributed by atoms with E-state index < -0.39 is 0 Å². The minimum atomic E-state index is 0.237. The predicted molar refractivity (Wildman–Crippen MR) is 84.4 cm³/mol. The maximum atomic E-state index is 5.91. The molecule has 21 heavy (non-hydrogen) atoms. The van der Waals surface area contributed by atoms with E-state index in [4.69, 9.17) is 10.6 Å². The van der Waals surface area contributed by atoms with E-state index in [1.165, 1.54) is 19.4 Å². The van der Waals surface area contributed by atoms with E-state index in [1.807, 2.05) is 6.92 Å². The zero-order valence-corrected chi connectivity index (χ0v) is 13.5. The number of hydrogen-bond donors (Lipinski definition) is 2. The van der Waals surface area contributed by atoms with Gasteiger partial charge in [-0.25, -0.2) is 10.8 Å². The van der Waals surface area contributed by atoms with Crippen molar-refractivity contribution < 1.29 is 4.74 Å². The van der Waals surface area contributed by atoms with Crippen LogP contribution in [-0.4, -0.2) is 41.1 Å². The van der Waals surface area contributed by atoms with Gasteiger partial charge in [-0.1, -0.05) is 13.8 Å². The molecule has 0 aliphatic carbocycles. The van der Waals surface area contributed by atoms with Gasteiger partial charge in [0.05, 0.1) is 12.2 Å². The molecular formula is C15H27N5O. The second kappa shape index (κ2) is 7.04. The van der Waals surface area contributed by atoms with Gasteiger partial charge < -0.3 is 15.1 Å². The summed E-state index contributed by atoms with van der Waals surface area (Å²) in [6, 6.07) is 0.629. The topological polar surface area (TPSA) is 76.3 Å². The van der Waals surface area contributed by atoms with Crippen LogP contribution in [0.3, 0.4) is 0 Å². The van der Waals surface area contributed by atoms with Gasteiger partial charge in [0.1, 0.15) is 11.6 Å². The summed E-state index contributed by atoms with van der Waals surface area (Å²) in [6.45, 7) is 7.91. The third kappa shape index (κ3) is 3.83. The van der Waals surface area contributed by atoms with E-state index in [1.54, 1.807) is 0 Å². The van der Waals surface area contributed by atoms with Gasteiger partial charge in [0, 0.05) is 12.0 Å². The van der Waals surface area contributed by atoms with Crippen LogP contribution in [-0.2, 0) is 0 Å². The normalized spacial score (nSPS) is 19.2. The molecule has 1 saturated heterocycles. The van der Waals surface area contributed by atoms with Gasteiger partial charge in [-0.2, -0.15) is 4.98 Å². The molecule has 3 N–H and O–H groups in total. The molecule has 1 atom stereocenters. The van der Waals surface area contributed by atoms with Crippen LogP contribution in [0.5, 0.6) is 5.88 Å². The molecule has 1 aromatic rings. The zero-order chi connectivity index (χ0) is 15.4. The molecular weight excluding hydrogens is 266 g/mol. The molecule has 0 radical (unpaired) electrons. The molecule has 118 valence electrons. The van der Waals surface area contributed by atoms with E-state index in [0.29, 0.717) is 24.3 Å². The number of nitrogen functional groups attached to an aromatic ring is 1. The number of anilines is 1. The van der Waals surface area contributed by atoms with Crippen LogP contribution in [0.25, 0.3) is 0 Å². The van der Waals surface area contributed by atoms with Gasteiger partial charge in [-0.15, -0.1) is 0 Å². The van der Waals surface area contributed by atoms with E-state index >= 15 is 0 Å². The fourth-order valence-corrected chi connectivity index (χ4v) is 2.69. The number of rotatable bonds is 6. The number of nitrogens with two attached hydrogens (primary N) is 1. The molecule has 0 bridgehead atoms. The lowest BCUT2D eigenvalue weighted by Gasteiger charge is -2.20. The van der Waals surface area contributed by atoms with Crippen molar-refractivity contribution >= 4 is 5.82 Å². The second-order valence-corrected chi connectivity index (χ2v) is 6.07. The zero-order valence-electron chi connectivity index (χ0n) is 13.5. The smallest absolute Gasteiger partial charge is 0.221 e. The van der Waals surface area contributed by atoms with Crippen molar-refractivity contribution in [1.82, 2.24) is 14.9 Å². The van der Waals surface area contributed by atoms with Gasteiger partial charge in [0.15, 0.2) is 0 Å². The monoisotopic (exact) mass is 293 g/mol. The van der Waals surface area contributed by atoms with Crippen LogP contribution in [0.4, 0.5) is 5.82 Å². The van der Waals surface area contributed by atoms with Crippen LogP contribution in [0, 0.1) is 6.92 Å². The van der Waals surface area contributed by atoms with Crippen LogP contribution in [0.2, 0.25) is 0 Å². The van der Waals surface area contributed by atoms with E-state index in [-0.39, 0.29) is 5.92 Å². The number of likely N-dealkylation sites (tertiary alicyclic amines) is 1. The summed E-state index contributed by atoms with van der Waals surface area (Å²) in [5.41, 5.74) is 3.49. The second-order valence-electron chi connectivity index (χ2n) is 6.07. The highest BCUT2D eigenvalue weighted by Gasteiger charge is 2.21. The average Bonchev–Trinajstić information content (AvgIpc) is 2.86. The summed E-state index contributed by atoms with van der Waals surface area (Å²) in [5.74, 6) is 7.80. The summed E-state index contributed by atoms with van der Waals surface area (Å²) in [5, 5.41) is 0. The summed E-state index contributed by atoms with van der Waals surface area (Å²) < 4.78 is 5.91. The van der Waals surface area contributed by atoms with Crippen molar-refractivity contribution in [2.45, 2.75) is 52.0 Å². The SMILES string of the molecule is Cc1c(NN)nc(C(C)C)nc1OCCC1CCCN1C. The summed E-state index contributed by atoms with van der Waals surface area (Å²) in [6.07, 6.45) is 3.57. The van der Waals surface area contributed by atoms with Crippen LogP contribution in [0.15, 0.2) is 0 Å². The van der Waals surface area contributed by atoms with Gasteiger partial charge in [0.25, 0.3) is 0 Å². The third-order valence-electron chi connectivity index (χ3n) is 4.13. The Kier molecular flexibility index (Phi) is 5.36. The lowest BCUT2D eigenvalue weighted by Crippen LogP contribution is -2.26. The summed E-state index contributed by atoms with van der Waals surface area (Å²) in [4.78, 5) is 11.3. The molecule has 0 saturated carbocycles.